The molecule has 0 aliphatic carbocycles. The van der Waals surface area contributed by atoms with Gasteiger partial charge in [0.25, 0.3) is 0 Å². The van der Waals surface area contributed by atoms with Gasteiger partial charge in [0.05, 0.1) is 0 Å². The lowest BCUT2D eigenvalue weighted by molar-refractivity contribution is 0.0919. The van der Waals surface area contributed by atoms with Gasteiger partial charge in [0.1, 0.15) is 18.5 Å². The topological polar surface area (TPSA) is 18.5 Å². The first kappa shape index (κ1) is 9.81. The highest BCUT2D eigenvalue weighted by Gasteiger charge is 2.01. The summed E-state index contributed by atoms with van der Waals surface area (Å²) in [6, 6.07) is 9.65. The summed E-state index contributed by atoms with van der Waals surface area (Å²) < 4.78 is 10.5. The van der Waals surface area contributed by atoms with Gasteiger partial charge in [-0.2, -0.15) is 0 Å². The lowest BCUT2D eigenvalue weighted by Gasteiger charge is -2.11. The van der Waals surface area contributed by atoms with Gasteiger partial charge in [-0.3, -0.25) is 0 Å². The Labute approximate surface area is 78.8 Å². The molecule has 0 aliphatic rings. The van der Waals surface area contributed by atoms with Crippen molar-refractivity contribution in [2.75, 3.05) is 13.7 Å². The Bertz CT molecular complexity index is 244. The van der Waals surface area contributed by atoms with Crippen LogP contribution in [0.2, 0.25) is 0 Å². The van der Waals surface area contributed by atoms with Gasteiger partial charge in [-0.1, -0.05) is 24.3 Å². The summed E-state index contributed by atoms with van der Waals surface area (Å²) in [5, 5.41) is 0. The molecule has 1 aromatic rings. The summed E-state index contributed by atoms with van der Waals surface area (Å²) >= 11 is 0. The molecule has 1 rings (SSSR count). The maximum absolute atomic E-state index is 5.45. The number of benzene rings is 1. The van der Waals surface area contributed by atoms with Crippen molar-refractivity contribution in [3.63, 3.8) is 0 Å². The van der Waals surface area contributed by atoms with E-state index in [-0.39, 0.29) is 6.10 Å². The lowest BCUT2D eigenvalue weighted by atomic mass is 10.3. The minimum Gasteiger partial charge on any atom is -0.491 e. The molecular formula is C11H14O2. The highest BCUT2D eigenvalue weighted by Crippen LogP contribution is 2.08. The van der Waals surface area contributed by atoms with E-state index in [0.717, 1.165) is 5.75 Å². The molecule has 0 bridgehead atoms. The van der Waals surface area contributed by atoms with Gasteiger partial charge in [0.2, 0.25) is 0 Å². The summed E-state index contributed by atoms with van der Waals surface area (Å²) in [6.07, 6.45) is 1.68. The smallest absolute Gasteiger partial charge is 0.119 e. The Kier molecular flexibility index (Phi) is 4.06. The Morgan fingerprint density at radius 2 is 2.08 bits per heavy atom. The third-order valence-electron chi connectivity index (χ3n) is 1.72. The van der Waals surface area contributed by atoms with Crippen LogP contribution in [-0.4, -0.2) is 19.8 Å². The fraction of sp³-hybridized carbons (Fsp3) is 0.273. The van der Waals surface area contributed by atoms with Crippen molar-refractivity contribution in [1.29, 1.82) is 0 Å². The van der Waals surface area contributed by atoms with Gasteiger partial charge >= 0.3 is 0 Å². The Morgan fingerprint density at radius 1 is 1.38 bits per heavy atom. The van der Waals surface area contributed by atoms with Crippen LogP contribution in [0.5, 0.6) is 5.75 Å². The molecular weight excluding hydrogens is 164 g/mol. The molecule has 1 aromatic carbocycles. The molecule has 1 unspecified atom stereocenters. The van der Waals surface area contributed by atoms with Crippen LogP contribution >= 0.6 is 0 Å². The molecule has 0 radical (unpaired) electrons. The minimum atomic E-state index is -0.0415. The second-order valence-corrected chi connectivity index (χ2v) is 2.63. The summed E-state index contributed by atoms with van der Waals surface area (Å²) in [4.78, 5) is 0. The van der Waals surface area contributed by atoms with E-state index in [4.69, 9.17) is 9.47 Å². The fourth-order valence-electron chi connectivity index (χ4n) is 0.927. The van der Waals surface area contributed by atoms with Crippen LogP contribution < -0.4 is 4.74 Å². The maximum atomic E-state index is 5.45. The first-order chi connectivity index (χ1) is 6.36. The third-order valence-corrected chi connectivity index (χ3v) is 1.72. The monoisotopic (exact) mass is 178 g/mol. The normalized spacial score (nSPS) is 12.1. The number of rotatable bonds is 5. The molecule has 1 atom stereocenters. The van der Waals surface area contributed by atoms with Crippen molar-refractivity contribution < 1.29 is 9.47 Å². The fourth-order valence-corrected chi connectivity index (χ4v) is 0.927. The minimum absolute atomic E-state index is 0.0415. The van der Waals surface area contributed by atoms with E-state index < -0.39 is 0 Å². The summed E-state index contributed by atoms with van der Waals surface area (Å²) in [7, 11) is 1.64. The van der Waals surface area contributed by atoms with Crippen molar-refractivity contribution in [1.82, 2.24) is 0 Å². The molecule has 0 fully saturated rings. The van der Waals surface area contributed by atoms with E-state index in [0.29, 0.717) is 6.61 Å². The van der Waals surface area contributed by atoms with Crippen LogP contribution in [0.4, 0.5) is 0 Å². The van der Waals surface area contributed by atoms with Gasteiger partial charge in [0.15, 0.2) is 0 Å². The largest absolute Gasteiger partial charge is 0.491 e. The van der Waals surface area contributed by atoms with Gasteiger partial charge in [-0.25, -0.2) is 0 Å². The standard InChI is InChI=1S/C11H14O2/c1-3-10(12-2)9-13-11-7-5-4-6-8-11/h3-8,10H,1,9H2,2H3. The van der Waals surface area contributed by atoms with E-state index in [1.807, 2.05) is 30.3 Å². The third kappa shape index (κ3) is 3.30. The van der Waals surface area contributed by atoms with Crippen LogP contribution in [0.3, 0.4) is 0 Å². The number of hydrogen-bond acceptors (Lipinski definition) is 2. The Hall–Kier alpha value is -1.28. The quantitative estimate of drug-likeness (QED) is 0.644. The second-order valence-electron chi connectivity index (χ2n) is 2.63. The molecule has 13 heavy (non-hydrogen) atoms. The maximum Gasteiger partial charge on any atom is 0.119 e. The van der Waals surface area contributed by atoms with Crippen molar-refractivity contribution in [3.8, 4) is 5.75 Å². The van der Waals surface area contributed by atoms with Crippen LogP contribution in [0.1, 0.15) is 0 Å². The predicted octanol–water partition coefficient (Wildman–Crippen LogP) is 2.27. The van der Waals surface area contributed by atoms with E-state index >= 15 is 0 Å². The Balaban J connectivity index is 2.38. The van der Waals surface area contributed by atoms with Gasteiger partial charge in [-0.15, -0.1) is 6.58 Å². The highest BCUT2D eigenvalue weighted by atomic mass is 16.5. The number of para-hydroxylation sites is 1. The zero-order chi connectivity index (χ0) is 9.52. The molecule has 0 amide bonds. The molecule has 2 heteroatoms. The van der Waals surface area contributed by atoms with Gasteiger partial charge in [0, 0.05) is 7.11 Å². The second kappa shape index (κ2) is 5.38. The molecule has 0 heterocycles. The van der Waals surface area contributed by atoms with Gasteiger partial charge in [-0.05, 0) is 12.1 Å². The number of hydrogen-bond donors (Lipinski definition) is 0. The average Bonchev–Trinajstić information content (AvgIpc) is 2.21. The predicted molar refractivity (Wildman–Crippen MR) is 52.9 cm³/mol. The van der Waals surface area contributed by atoms with Crippen molar-refractivity contribution in [2.24, 2.45) is 0 Å². The highest BCUT2D eigenvalue weighted by molar-refractivity contribution is 5.20. The van der Waals surface area contributed by atoms with Gasteiger partial charge < -0.3 is 9.47 Å². The lowest BCUT2D eigenvalue weighted by Crippen LogP contribution is -2.17. The van der Waals surface area contributed by atoms with Crippen molar-refractivity contribution in [2.45, 2.75) is 6.10 Å². The van der Waals surface area contributed by atoms with E-state index in [9.17, 15) is 0 Å². The average molecular weight is 178 g/mol. The summed E-state index contributed by atoms with van der Waals surface area (Å²) in [6.45, 7) is 4.14. The van der Waals surface area contributed by atoms with Crippen LogP contribution in [-0.2, 0) is 4.74 Å². The molecule has 0 saturated carbocycles. The number of methoxy groups -OCH3 is 1. The van der Waals surface area contributed by atoms with Crippen LogP contribution in [0.15, 0.2) is 43.0 Å². The van der Waals surface area contributed by atoms with Crippen LogP contribution in [0.25, 0.3) is 0 Å². The molecule has 70 valence electrons. The van der Waals surface area contributed by atoms with Crippen molar-refractivity contribution in [3.05, 3.63) is 43.0 Å². The molecule has 0 aliphatic heterocycles. The summed E-state index contributed by atoms with van der Waals surface area (Å²) in [5.74, 6) is 0.853. The number of ether oxygens (including phenoxy) is 2. The Morgan fingerprint density at radius 3 is 2.62 bits per heavy atom. The van der Waals surface area contributed by atoms with E-state index in [1.165, 1.54) is 0 Å². The van der Waals surface area contributed by atoms with Crippen LogP contribution in [0, 0.1) is 0 Å². The molecule has 0 N–H and O–H groups in total. The molecule has 2 nitrogen and oxygen atoms in total. The SMILES string of the molecule is C=CC(COc1ccccc1)OC. The van der Waals surface area contributed by atoms with E-state index in [1.54, 1.807) is 13.2 Å². The zero-order valence-corrected chi connectivity index (χ0v) is 7.77. The van der Waals surface area contributed by atoms with E-state index in [2.05, 4.69) is 6.58 Å². The van der Waals surface area contributed by atoms with Crippen molar-refractivity contribution >= 4 is 0 Å². The molecule has 0 aromatic heterocycles. The first-order valence-corrected chi connectivity index (χ1v) is 4.20. The zero-order valence-electron chi connectivity index (χ0n) is 7.77. The first-order valence-electron chi connectivity index (χ1n) is 4.20. The summed E-state index contributed by atoms with van der Waals surface area (Å²) in [5.41, 5.74) is 0. The molecule has 0 saturated heterocycles. The molecule has 0 spiro atoms.